The second kappa shape index (κ2) is 4.53. The van der Waals surface area contributed by atoms with Crippen LogP contribution in [0.4, 0.5) is 0 Å². The normalized spacial score (nSPS) is 14.8. The van der Waals surface area contributed by atoms with Crippen molar-refractivity contribution in [1.82, 2.24) is 10.6 Å². The van der Waals surface area contributed by atoms with E-state index in [0.717, 1.165) is 0 Å². The highest BCUT2D eigenvalue weighted by molar-refractivity contribution is 7.92. The highest BCUT2D eigenvalue weighted by atomic mass is 32.2. The Labute approximate surface area is 77.1 Å². The number of nitriles is 2. The summed E-state index contributed by atoms with van der Waals surface area (Å²) in [4.78, 5) is 0. The molecule has 13 heavy (non-hydrogen) atoms. The summed E-state index contributed by atoms with van der Waals surface area (Å²) in [5.41, 5.74) is 0. The van der Waals surface area contributed by atoms with E-state index in [1.54, 1.807) is 0 Å². The van der Waals surface area contributed by atoms with Crippen LogP contribution >= 0.6 is 0 Å². The van der Waals surface area contributed by atoms with Crippen molar-refractivity contribution in [3.63, 3.8) is 0 Å². The number of hydrogen-bond donors (Lipinski definition) is 2. The molecule has 0 rings (SSSR count). The highest BCUT2D eigenvalue weighted by Crippen LogP contribution is 2.03. The monoisotopic (exact) mass is 202 g/mol. The van der Waals surface area contributed by atoms with Gasteiger partial charge < -0.3 is 10.6 Å². The summed E-state index contributed by atoms with van der Waals surface area (Å²) < 4.78 is 22.8. The zero-order valence-electron chi connectivity index (χ0n) is 7.27. The van der Waals surface area contributed by atoms with Gasteiger partial charge in [-0.25, -0.2) is 8.42 Å². The smallest absolute Gasteiger partial charge is 0.192 e. The Hall–Kier alpha value is -1.47. The molecule has 2 unspecified atom stereocenters. The van der Waals surface area contributed by atoms with Crippen LogP contribution in [0.1, 0.15) is 13.8 Å². The predicted octanol–water partition coefficient (Wildman–Crippen LogP) is -0.765. The minimum absolute atomic E-state index is 0.992. The van der Waals surface area contributed by atoms with Crippen LogP contribution in [0.5, 0.6) is 0 Å². The molecule has 2 N–H and O–H groups in total. The van der Waals surface area contributed by atoms with E-state index in [4.69, 9.17) is 10.5 Å². The lowest BCUT2D eigenvalue weighted by Crippen LogP contribution is -2.42. The Balaban J connectivity index is 4.60. The molecule has 0 aromatic carbocycles. The molecule has 7 heteroatoms. The number of nitrogens with one attached hydrogen (secondary N) is 2. The molecule has 72 valence electrons. The third kappa shape index (κ3) is 2.80. The first-order valence-corrected chi connectivity index (χ1v) is 5.09. The van der Waals surface area contributed by atoms with E-state index in [-0.39, 0.29) is 0 Å². The minimum atomic E-state index is -3.53. The number of rotatable bonds is 4. The summed E-state index contributed by atoms with van der Waals surface area (Å²) in [6, 6.07) is 0. The SMILES string of the molecule is CC(NC#N)S(=O)(=O)C(C)NC#N. The van der Waals surface area contributed by atoms with Crippen molar-refractivity contribution in [2.45, 2.75) is 24.6 Å². The Bertz CT molecular complexity index is 309. The molecule has 0 aliphatic heterocycles. The Morgan fingerprint density at radius 2 is 1.38 bits per heavy atom. The van der Waals surface area contributed by atoms with Gasteiger partial charge in [0.05, 0.1) is 0 Å². The van der Waals surface area contributed by atoms with Gasteiger partial charge in [0.25, 0.3) is 0 Å². The molecule has 0 aliphatic rings. The average molecular weight is 202 g/mol. The van der Waals surface area contributed by atoms with Gasteiger partial charge in [0.15, 0.2) is 22.2 Å². The van der Waals surface area contributed by atoms with Gasteiger partial charge in [0.2, 0.25) is 0 Å². The summed E-state index contributed by atoms with van der Waals surface area (Å²) in [5.74, 6) is 0. The molecule has 0 saturated heterocycles. The van der Waals surface area contributed by atoms with Crippen LogP contribution in [0.15, 0.2) is 0 Å². The van der Waals surface area contributed by atoms with Gasteiger partial charge in [0.1, 0.15) is 10.7 Å². The molecule has 6 nitrogen and oxygen atoms in total. The summed E-state index contributed by atoms with van der Waals surface area (Å²) in [7, 11) is -3.53. The Morgan fingerprint density at radius 1 is 1.08 bits per heavy atom. The van der Waals surface area contributed by atoms with Gasteiger partial charge >= 0.3 is 0 Å². The first-order chi connectivity index (χ1) is 5.96. The molecule has 0 saturated carbocycles. The van der Waals surface area contributed by atoms with E-state index >= 15 is 0 Å². The van der Waals surface area contributed by atoms with E-state index in [1.807, 2.05) is 0 Å². The second-order valence-corrected chi connectivity index (χ2v) is 4.98. The molecule has 0 amide bonds. The van der Waals surface area contributed by atoms with Crippen LogP contribution in [-0.4, -0.2) is 19.2 Å². The molecule has 0 fully saturated rings. The van der Waals surface area contributed by atoms with Crippen molar-refractivity contribution >= 4 is 9.84 Å². The fraction of sp³-hybridized carbons (Fsp3) is 0.667. The van der Waals surface area contributed by atoms with Gasteiger partial charge in [-0.2, -0.15) is 10.5 Å². The molecule has 0 aromatic heterocycles. The minimum Gasteiger partial charge on any atom is -0.306 e. The van der Waals surface area contributed by atoms with Gasteiger partial charge in [-0.1, -0.05) is 0 Å². The van der Waals surface area contributed by atoms with Crippen LogP contribution in [0.3, 0.4) is 0 Å². The molecular formula is C6H10N4O2S. The van der Waals surface area contributed by atoms with Crippen LogP contribution in [0.2, 0.25) is 0 Å². The Morgan fingerprint density at radius 3 is 1.62 bits per heavy atom. The molecule has 0 radical (unpaired) electrons. The lowest BCUT2D eigenvalue weighted by atomic mass is 10.7. The maximum Gasteiger partial charge on any atom is 0.192 e. The number of hydrogen-bond acceptors (Lipinski definition) is 6. The van der Waals surface area contributed by atoms with Crippen molar-refractivity contribution in [3.8, 4) is 12.4 Å². The largest absolute Gasteiger partial charge is 0.306 e. The first-order valence-electron chi connectivity index (χ1n) is 3.48. The lowest BCUT2D eigenvalue weighted by Gasteiger charge is -2.15. The summed E-state index contributed by atoms with van der Waals surface area (Å²) in [6.45, 7) is 2.68. The molecular weight excluding hydrogens is 192 g/mol. The van der Waals surface area contributed by atoms with Crippen LogP contribution in [0, 0.1) is 22.9 Å². The predicted molar refractivity (Wildman–Crippen MR) is 45.3 cm³/mol. The molecule has 0 aromatic rings. The average Bonchev–Trinajstić information content (AvgIpc) is 2.05. The summed E-state index contributed by atoms with van der Waals surface area (Å²) >= 11 is 0. The molecule has 0 spiro atoms. The third-order valence-corrected chi connectivity index (χ3v) is 3.73. The van der Waals surface area contributed by atoms with Gasteiger partial charge in [-0.15, -0.1) is 0 Å². The van der Waals surface area contributed by atoms with E-state index in [0.29, 0.717) is 0 Å². The molecule has 2 atom stereocenters. The number of sulfone groups is 1. The lowest BCUT2D eigenvalue weighted by molar-refractivity contribution is 0.558. The van der Waals surface area contributed by atoms with Crippen LogP contribution < -0.4 is 10.6 Å². The van der Waals surface area contributed by atoms with Gasteiger partial charge in [-0.3, -0.25) is 0 Å². The summed E-state index contributed by atoms with van der Waals surface area (Å²) in [6.07, 6.45) is 3.06. The van der Waals surface area contributed by atoms with Crippen molar-refractivity contribution < 1.29 is 8.42 Å². The standard InChI is InChI=1S/C6H10N4O2S/c1-5(9-3-7)13(11,12)6(2)10-4-8/h5-6,9-10H,1-2H3. The zero-order chi connectivity index (χ0) is 10.5. The van der Waals surface area contributed by atoms with E-state index in [2.05, 4.69) is 10.6 Å². The van der Waals surface area contributed by atoms with Crippen molar-refractivity contribution in [2.75, 3.05) is 0 Å². The third-order valence-electron chi connectivity index (χ3n) is 1.52. The first kappa shape index (κ1) is 11.5. The van der Waals surface area contributed by atoms with Gasteiger partial charge in [-0.05, 0) is 13.8 Å². The summed E-state index contributed by atoms with van der Waals surface area (Å²) in [5, 5.41) is 18.6. The van der Waals surface area contributed by atoms with Crippen molar-refractivity contribution in [3.05, 3.63) is 0 Å². The van der Waals surface area contributed by atoms with Crippen molar-refractivity contribution in [1.29, 1.82) is 10.5 Å². The van der Waals surface area contributed by atoms with Crippen LogP contribution in [0.25, 0.3) is 0 Å². The number of nitrogens with zero attached hydrogens (tertiary/aromatic N) is 2. The fourth-order valence-electron chi connectivity index (χ4n) is 0.652. The second-order valence-electron chi connectivity index (χ2n) is 2.39. The molecule has 0 bridgehead atoms. The van der Waals surface area contributed by atoms with E-state index in [1.165, 1.54) is 26.2 Å². The van der Waals surface area contributed by atoms with E-state index in [9.17, 15) is 8.42 Å². The maximum absolute atomic E-state index is 11.4. The van der Waals surface area contributed by atoms with E-state index < -0.39 is 20.6 Å². The quantitative estimate of drug-likeness (QED) is 0.458. The highest BCUT2D eigenvalue weighted by Gasteiger charge is 2.27. The molecule has 0 heterocycles. The Kier molecular flexibility index (Phi) is 4.02. The van der Waals surface area contributed by atoms with Crippen LogP contribution in [-0.2, 0) is 9.84 Å². The topological polar surface area (TPSA) is 106 Å². The van der Waals surface area contributed by atoms with Gasteiger partial charge in [0, 0.05) is 0 Å². The maximum atomic E-state index is 11.4. The van der Waals surface area contributed by atoms with Crippen molar-refractivity contribution in [2.24, 2.45) is 0 Å². The molecule has 0 aliphatic carbocycles. The fourth-order valence-corrected chi connectivity index (χ4v) is 1.70. The zero-order valence-corrected chi connectivity index (χ0v) is 8.09.